The SMILES string of the molecule is CCC(O)(CC)CC(C)C(=O)O. The molecule has 0 aromatic rings. The summed E-state index contributed by atoms with van der Waals surface area (Å²) in [5.41, 5.74) is -0.794. The first-order valence-corrected chi connectivity index (χ1v) is 4.40. The number of carbonyl (C=O) groups is 1. The van der Waals surface area contributed by atoms with Crippen molar-refractivity contribution < 1.29 is 15.0 Å². The zero-order chi connectivity index (χ0) is 9.78. The van der Waals surface area contributed by atoms with E-state index in [1.807, 2.05) is 13.8 Å². The third kappa shape index (κ3) is 3.22. The van der Waals surface area contributed by atoms with Crippen molar-refractivity contribution in [2.75, 3.05) is 0 Å². The van der Waals surface area contributed by atoms with Crippen LogP contribution in [0.15, 0.2) is 0 Å². The van der Waals surface area contributed by atoms with Gasteiger partial charge in [0.1, 0.15) is 0 Å². The molecule has 3 heteroatoms. The second kappa shape index (κ2) is 4.45. The monoisotopic (exact) mass is 174 g/mol. The van der Waals surface area contributed by atoms with Crippen LogP contribution in [0.4, 0.5) is 0 Å². The maximum Gasteiger partial charge on any atom is 0.306 e. The van der Waals surface area contributed by atoms with Crippen LogP contribution in [0.25, 0.3) is 0 Å². The van der Waals surface area contributed by atoms with Crippen LogP contribution in [0.3, 0.4) is 0 Å². The molecule has 0 fully saturated rings. The Bertz CT molecular complexity index is 150. The lowest BCUT2D eigenvalue weighted by atomic mass is 9.87. The summed E-state index contributed by atoms with van der Waals surface area (Å²) < 4.78 is 0. The van der Waals surface area contributed by atoms with Crippen molar-refractivity contribution in [1.82, 2.24) is 0 Å². The molecule has 72 valence electrons. The fourth-order valence-electron chi connectivity index (χ4n) is 1.20. The van der Waals surface area contributed by atoms with Gasteiger partial charge in [-0.15, -0.1) is 0 Å². The van der Waals surface area contributed by atoms with Crippen LogP contribution < -0.4 is 0 Å². The molecular formula is C9H18O3. The first kappa shape index (κ1) is 11.4. The Balaban J connectivity index is 4.11. The van der Waals surface area contributed by atoms with Crippen molar-refractivity contribution in [3.63, 3.8) is 0 Å². The number of rotatable bonds is 5. The molecule has 1 atom stereocenters. The van der Waals surface area contributed by atoms with Gasteiger partial charge in [-0.2, -0.15) is 0 Å². The van der Waals surface area contributed by atoms with E-state index in [0.717, 1.165) is 0 Å². The number of aliphatic carboxylic acids is 1. The fourth-order valence-corrected chi connectivity index (χ4v) is 1.20. The van der Waals surface area contributed by atoms with Crippen LogP contribution in [0.2, 0.25) is 0 Å². The van der Waals surface area contributed by atoms with Crippen LogP contribution in [0.5, 0.6) is 0 Å². The van der Waals surface area contributed by atoms with Gasteiger partial charge in [0.05, 0.1) is 11.5 Å². The van der Waals surface area contributed by atoms with E-state index in [9.17, 15) is 9.90 Å². The number of carboxylic acids is 1. The fraction of sp³-hybridized carbons (Fsp3) is 0.889. The Hall–Kier alpha value is -0.570. The van der Waals surface area contributed by atoms with E-state index in [2.05, 4.69) is 0 Å². The zero-order valence-electron chi connectivity index (χ0n) is 8.00. The topological polar surface area (TPSA) is 57.5 Å². The molecule has 0 aliphatic carbocycles. The van der Waals surface area contributed by atoms with E-state index in [1.54, 1.807) is 6.92 Å². The molecule has 0 rings (SSSR count). The van der Waals surface area contributed by atoms with E-state index in [4.69, 9.17) is 5.11 Å². The second-order valence-corrected chi connectivity index (χ2v) is 3.37. The number of aliphatic hydroxyl groups is 1. The number of carboxylic acid groups (broad SMARTS) is 1. The third-order valence-corrected chi connectivity index (χ3v) is 2.42. The summed E-state index contributed by atoms with van der Waals surface area (Å²) in [4.78, 5) is 10.5. The highest BCUT2D eigenvalue weighted by Gasteiger charge is 2.27. The maximum atomic E-state index is 10.5. The van der Waals surface area contributed by atoms with Gasteiger partial charge in [-0.05, 0) is 19.3 Å². The molecule has 0 aromatic heterocycles. The molecule has 0 saturated heterocycles. The summed E-state index contributed by atoms with van der Waals surface area (Å²) in [5.74, 6) is -1.30. The summed E-state index contributed by atoms with van der Waals surface area (Å²) in [7, 11) is 0. The molecule has 3 nitrogen and oxygen atoms in total. The highest BCUT2D eigenvalue weighted by molar-refractivity contribution is 5.69. The molecule has 0 radical (unpaired) electrons. The van der Waals surface area contributed by atoms with Crippen molar-refractivity contribution in [3.05, 3.63) is 0 Å². The van der Waals surface area contributed by atoms with Crippen LogP contribution >= 0.6 is 0 Å². The average molecular weight is 174 g/mol. The maximum absolute atomic E-state index is 10.5. The lowest BCUT2D eigenvalue weighted by Gasteiger charge is -2.26. The zero-order valence-corrected chi connectivity index (χ0v) is 8.00. The van der Waals surface area contributed by atoms with Gasteiger partial charge >= 0.3 is 5.97 Å². The van der Waals surface area contributed by atoms with Gasteiger partial charge in [0.15, 0.2) is 0 Å². The molecule has 0 amide bonds. The predicted molar refractivity (Wildman–Crippen MR) is 46.9 cm³/mol. The number of hydrogen-bond donors (Lipinski definition) is 2. The summed E-state index contributed by atoms with van der Waals surface area (Å²) in [5, 5.41) is 18.4. The van der Waals surface area contributed by atoms with Gasteiger partial charge < -0.3 is 10.2 Å². The van der Waals surface area contributed by atoms with Crippen LogP contribution in [-0.2, 0) is 4.79 Å². The van der Waals surface area contributed by atoms with Gasteiger partial charge in [-0.3, -0.25) is 4.79 Å². The highest BCUT2D eigenvalue weighted by atomic mass is 16.4. The van der Waals surface area contributed by atoms with Gasteiger partial charge in [-0.1, -0.05) is 20.8 Å². The molecule has 0 aliphatic heterocycles. The quantitative estimate of drug-likeness (QED) is 0.666. The lowest BCUT2D eigenvalue weighted by Crippen LogP contribution is -2.31. The van der Waals surface area contributed by atoms with Crippen LogP contribution in [-0.4, -0.2) is 21.8 Å². The predicted octanol–water partition coefficient (Wildman–Crippen LogP) is 1.65. The minimum atomic E-state index is -0.838. The van der Waals surface area contributed by atoms with E-state index in [0.29, 0.717) is 19.3 Å². The van der Waals surface area contributed by atoms with Gasteiger partial charge in [0.25, 0.3) is 0 Å². The van der Waals surface area contributed by atoms with E-state index in [-0.39, 0.29) is 0 Å². The lowest BCUT2D eigenvalue weighted by molar-refractivity contribution is -0.143. The van der Waals surface area contributed by atoms with Crippen molar-refractivity contribution in [1.29, 1.82) is 0 Å². The molecule has 0 saturated carbocycles. The van der Waals surface area contributed by atoms with Crippen molar-refractivity contribution in [2.45, 2.75) is 45.6 Å². The summed E-state index contributed by atoms with van der Waals surface area (Å²) in [6.07, 6.45) is 1.57. The first-order valence-electron chi connectivity index (χ1n) is 4.40. The minimum absolute atomic E-state index is 0.343. The molecule has 0 spiro atoms. The van der Waals surface area contributed by atoms with Crippen molar-refractivity contribution in [3.8, 4) is 0 Å². The smallest absolute Gasteiger partial charge is 0.306 e. The standard InChI is InChI=1S/C9H18O3/c1-4-9(12,5-2)6-7(3)8(10)11/h7,12H,4-6H2,1-3H3,(H,10,11). The molecule has 0 bridgehead atoms. The van der Waals surface area contributed by atoms with Crippen molar-refractivity contribution in [2.24, 2.45) is 5.92 Å². The molecule has 0 aliphatic rings. The molecule has 1 unspecified atom stereocenters. The first-order chi connectivity index (χ1) is 5.45. The highest BCUT2D eigenvalue weighted by Crippen LogP contribution is 2.23. The normalized spacial score (nSPS) is 14.3. The van der Waals surface area contributed by atoms with E-state index < -0.39 is 17.5 Å². The van der Waals surface area contributed by atoms with Gasteiger partial charge in [0.2, 0.25) is 0 Å². The molecule has 12 heavy (non-hydrogen) atoms. The molecule has 0 aromatic carbocycles. The molecule has 2 N–H and O–H groups in total. The summed E-state index contributed by atoms with van der Waals surface area (Å²) >= 11 is 0. The summed E-state index contributed by atoms with van der Waals surface area (Å²) in [6.45, 7) is 5.37. The van der Waals surface area contributed by atoms with Gasteiger partial charge in [0, 0.05) is 0 Å². The van der Waals surface area contributed by atoms with Crippen LogP contribution in [0, 0.1) is 5.92 Å². The second-order valence-electron chi connectivity index (χ2n) is 3.37. The van der Waals surface area contributed by atoms with Gasteiger partial charge in [-0.25, -0.2) is 0 Å². The Kier molecular flexibility index (Phi) is 4.24. The van der Waals surface area contributed by atoms with Crippen LogP contribution in [0.1, 0.15) is 40.0 Å². The van der Waals surface area contributed by atoms with E-state index in [1.165, 1.54) is 0 Å². The summed E-state index contributed by atoms with van der Waals surface area (Å²) in [6, 6.07) is 0. The largest absolute Gasteiger partial charge is 0.481 e. The molecule has 0 heterocycles. The number of hydrogen-bond acceptors (Lipinski definition) is 2. The Morgan fingerprint density at radius 2 is 1.83 bits per heavy atom. The van der Waals surface area contributed by atoms with E-state index >= 15 is 0 Å². The van der Waals surface area contributed by atoms with Crippen molar-refractivity contribution >= 4 is 5.97 Å². The Labute approximate surface area is 73.4 Å². The average Bonchev–Trinajstić information content (AvgIpc) is 2.04. The third-order valence-electron chi connectivity index (χ3n) is 2.42. The Morgan fingerprint density at radius 1 is 1.42 bits per heavy atom. The minimum Gasteiger partial charge on any atom is -0.481 e. The Morgan fingerprint density at radius 3 is 2.08 bits per heavy atom. The molecular weight excluding hydrogens is 156 g/mol.